The van der Waals surface area contributed by atoms with Gasteiger partial charge in [0.15, 0.2) is 5.65 Å². The second kappa shape index (κ2) is 8.27. The number of nitrogens with zero attached hydrogens (tertiary/aromatic N) is 5. The molecule has 0 amide bonds. The van der Waals surface area contributed by atoms with Gasteiger partial charge in [0, 0.05) is 29.7 Å². The molecule has 0 aliphatic carbocycles. The minimum atomic E-state index is -0.495. The molecule has 0 atom stereocenters. The number of pyridine rings is 2. The summed E-state index contributed by atoms with van der Waals surface area (Å²) in [4.78, 5) is 20.8. The van der Waals surface area contributed by atoms with Gasteiger partial charge in [-0.3, -0.25) is 0 Å². The first-order chi connectivity index (χ1) is 14.0. The van der Waals surface area contributed by atoms with E-state index >= 15 is 0 Å². The molecule has 0 saturated carbocycles. The zero-order chi connectivity index (χ0) is 20.4. The molecule has 0 radical (unpaired) electrons. The second-order valence-corrected chi connectivity index (χ2v) is 8.40. The number of anilines is 1. The highest BCUT2D eigenvalue weighted by atomic mass is 35.5. The highest BCUT2D eigenvalue weighted by Gasteiger charge is 2.30. The Bertz CT molecular complexity index is 1030. The van der Waals surface area contributed by atoms with Crippen LogP contribution in [0.25, 0.3) is 11.2 Å². The average molecular weight is 433 g/mol. The summed E-state index contributed by atoms with van der Waals surface area (Å²) in [5, 5.41) is 10.6. The molecular weight excluding hydrogens is 412 g/mol. The molecule has 29 heavy (non-hydrogen) atoms. The number of nitrogens with two attached hydrogens (primary N) is 1. The lowest BCUT2D eigenvalue weighted by Crippen LogP contribution is -2.53. The van der Waals surface area contributed by atoms with Crippen molar-refractivity contribution in [2.45, 2.75) is 28.3 Å². The Balaban J connectivity index is 1.53. The highest BCUT2D eigenvalue weighted by molar-refractivity contribution is 7.99. The molecule has 3 aromatic heterocycles. The molecule has 4 rings (SSSR count). The molecule has 3 N–H and O–H groups in total. The number of aromatic nitrogens is 4. The summed E-state index contributed by atoms with van der Waals surface area (Å²) in [6, 6.07) is 5.61. The topological polar surface area (TPSA) is 110 Å². The number of rotatable bonds is 5. The highest BCUT2D eigenvalue weighted by Crippen LogP contribution is 2.36. The van der Waals surface area contributed by atoms with Crippen LogP contribution in [-0.2, 0) is 0 Å². The van der Waals surface area contributed by atoms with E-state index in [4.69, 9.17) is 27.1 Å². The largest absolute Gasteiger partial charge is 0.480 e. The van der Waals surface area contributed by atoms with Crippen molar-refractivity contribution in [2.75, 3.05) is 31.7 Å². The lowest BCUT2D eigenvalue weighted by atomic mass is 9.90. The molecule has 8 nitrogen and oxygen atoms in total. The van der Waals surface area contributed by atoms with Gasteiger partial charge in [0.1, 0.15) is 21.4 Å². The van der Waals surface area contributed by atoms with Crippen molar-refractivity contribution in [3.05, 3.63) is 35.6 Å². The van der Waals surface area contributed by atoms with E-state index in [2.05, 4.69) is 19.9 Å². The number of halogens is 1. The van der Waals surface area contributed by atoms with Crippen LogP contribution >= 0.6 is 23.4 Å². The van der Waals surface area contributed by atoms with Crippen LogP contribution < -0.4 is 15.4 Å². The number of methoxy groups -OCH3 is 1. The molecule has 4 heterocycles. The van der Waals surface area contributed by atoms with Crippen LogP contribution in [0, 0.1) is 0 Å². The minimum absolute atomic E-state index is 0.00195. The molecule has 1 saturated heterocycles. The van der Waals surface area contributed by atoms with E-state index in [-0.39, 0.29) is 6.61 Å². The van der Waals surface area contributed by atoms with Crippen molar-refractivity contribution in [3.63, 3.8) is 0 Å². The molecule has 152 valence electrons. The zero-order valence-corrected chi connectivity index (χ0v) is 17.4. The van der Waals surface area contributed by atoms with Gasteiger partial charge in [0.25, 0.3) is 0 Å². The molecule has 10 heteroatoms. The molecule has 1 aliphatic heterocycles. The van der Waals surface area contributed by atoms with Crippen LogP contribution in [0.3, 0.4) is 0 Å². The quantitative estimate of drug-likeness (QED) is 0.628. The summed E-state index contributed by atoms with van der Waals surface area (Å²) < 4.78 is 5.16. The standard InChI is InChI=1S/C19H21ClN6O2S/c1-28-18-16(20)13(4-7-22-18)29-15-3-2-12-17(25-15)23-10-14(24-12)26-8-5-19(21,11-27)6-9-26/h2-4,7,10,27H,5-6,8-9,11,21H2,1H3. The van der Waals surface area contributed by atoms with Crippen molar-refractivity contribution in [1.29, 1.82) is 0 Å². The molecule has 0 bridgehead atoms. The van der Waals surface area contributed by atoms with Crippen LogP contribution in [0.1, 0.15) is 12.8 Å². The van der Waals surface area contributed by atoms with Gasteiger partial charge in [-0.2, -0.15) is 0 Å². The van der Waals surface area contributed by atoms with Crippen LogP contribution in [0.2, 0.25) is 5.02 Å². The number of aliphatic hydroxyl groups excluding tert-OH is 1. The summed E-state index contributed by atoms with van der Waals surface area (Å²) in [6.45, 7) is 1.48. The van der Waals surface area contributed by atoms with Crippen LogP contribution in [0.5, 0.6) is 5.88 Å². The van der Waals surface area contributed by atoms with Gasteiger partial charge < -0.3 is 20.5 Å². The molecule has 0 unspecified atom stereocenters. The monoisotopic (exact) mass is 432 g/mol. The third-order valence-electron chi connectivity index (χ3n) is 4.99. The van der Waals surface area contributed by atoms with Gasteiger partial charge in [-0.25, -0.2) is 19.9 Å². The summed E-state index contributed by atoms with van der Waals surface area (Å²) in [5.74, 6) is 1.17. The third-order valence-corrected chi connectivity index (χ3v) is 6.47. The number of fused-ring (bicyclic) bond motifs is 1. The van der Waals surface area contributed by atoms with E-state index in [0.717, 1.165) is 34.3 Å². The molecule has 1 aliphatic rings. The van der Waals surface area contributed by atoms with Gasteiger partial charge in [-0.15, -0.1) is 0 Å². The predicted molar refractivity (Wildman–Crippen MR) is 113 cm³/mol. The Labute approximate surface area is 177 Å². The van der Waals surface area contributed by atoms with E-state index in [1.165, 1.54) is 18.9 Å². The van der Waals surface area contributed by atoms with E-state index in [0.29, 0.717) is 29.4 Å². The summed E-state index contributed by atoms with van der Waals surface area (Å²) in [6.07, 6.45) is 4.81. The van der Waals surface area contributed by atoms with Crippen molar-refractivity contribution in [2.24, 2.45) is 5.73 Å². The average Bonchev–Trinajstić information content (AvgIpc) is 2.75. The zero-order valence-electron chi connectivity index (χ0n) is 15.9. The number of aliphatic hydroxyl groups is 1. The van der Waals surface area contributed by atoms with Gasteiger partial charge in [0.05, 0.1) is 19.9 Å². The van der Waals surface area contributed by atoms with E-state index in [9.17, 15) is 5.11 Å². The van der Waals surface area contributed by atoms with Crippen LogP contribution in [0.15, 0.2) is 40.5 Å². The van der Waals surface area contributed by atoms with E-state index in [1.54, 1.807) is 12.4 Å². The normalized spacial score (nSPS) is 16.2. The summed E-state index contributed by atoms with van der Waals surface area (Å²) in [7, 11) is 1.53. The summed E-state index contributed by atoms with van der Waals surface area (Å²) >= 11 is 7.73. The fourth-order valence-electron chi connectivity index (χ4n) is 3.17. The Morgan fingerprint density at radius 3 is 2.76 bits per heavy atom. The lowest BCUT2D eigenvalue weighted by molar-refractivity contribution is 0.170. The Morgan fingerprint density at radius 1 is 1.24 bits per heavy atom. The molecule has 3 aromatic rings. The Kier molecular flexibility index (Phi) is 5.73. The lowest BCUT2D eigenvalue weighted by Gasteiger charge is -2.38. The van der Waals surface area contributed by atoms with Crippen LogP contribution in [0.4, 0.5) is 5.82 Å². The minimum Gasteiger partial charge on any atom is -0.480 e. The van der Waals surface area contributed by atoms with Crippen molar-refractivity contribution in [3.8, 4) is 5.88 Å². The molecule has 1 fully saturated rings. The number of piperidine rings is 1. The summed E-state index contributed by atoms with van der Waals surface area (Å²) in [5.41, 5.74) is 6.94. The fourth-order valence-corrected chi connectivity index (χ4v) is 4.27. The Hall–Kier alpha value is -2.20. The van der Waals surface area contributed by atoms with Crippen molar-refractivity contribution >= 4 is 40.3 Å². The molecular formula is C19H21ClN6O2S. The van der Waals surface area contributed by atoms with Crippen LogP contribution in [-0.4, -0.2) is 57.4 Å². The van der Waals surface area contributed by atoms with Gasteiger partial charge in [0.2, 0.25) is 5.88 Å². The Morgan fingerprint density at radius 2 is 2.03 bits per heavy atom. The smallest absolute Gasteiger partial charge is 0.233 e. The fraction of sp³-hybridized carbons (Fsp3) is 0.368. The first-order valence-electron chi connectivity index (χ1n) is 9.16. The molecule has 0 aromatic carbocycles. The maximum absolute atomic E-state index is 9.43. The SMILES string of the molecule is COc1nccc(Sc2ccc3nc(N4CCC(N)(CO)CC4)cnc3n2)c1Cl. The van der Waals surface area contributed by atoms with E-state index < -0.39 is 5.54 Å². The maximum atomic E-state index is 9.43. The molecule has 0 spiro atoms. The first-order valence-corrected chi connectivity index (χ1v) is 10.4. The first kappa shape index (κ1) is 20.1. The maximum Gasteiger partial charge on any atom is 0.233 e. The van der Waals surface area contributed by atoms with Gasteiger partial charge in [-0.05, 0) is 31.0 Å². The van der Waals surface area contributed by atoms with Crippen molar-refractivity contribution in [1.82, 2.24) is 19.9 Å². The predicted octanol–water partition coefficient (Wildman–Crippen LogP) is 2.52. The number of ether oxygens (including phenoxy) is 1. The number of hydrogen-bond donors (Lipinski definition) is 2. The number of hydrogen-bond acceptors (Lipinski definition) is 9. The third kappa shape index (κ3) is 4.23. The van der Waals surface area contributed by atoms with Gasteiger partial charge in [-0.1, -0.05) is 23.4 Å². The van der Waals surface area contributed by atoms with E-state index in [1.807, 2.05) is 18.2 Å². The second-order valence-electron chi connectivity index (χ2n) is 6.96. The van der Waals surface area contributed by atoms with Gasteiger partial charge >= 0.3 is 0 Å². The van der Waals surface area contributed by atoms with Crippen molar-refractivity contribution < 1.29 is 9.84 Å².